The number of carbonyl (C=O) groups is 1. The number of aldehydes is 1. The van der Waals surface area contributed by atoms with Crippen molar-refractivity contribution < 1.29 is 4.79 Å². The third-order valence-corrected chi connectivity index (χ3v) is 3.35. The summed E-state index contributed by atoms with van der Waals surface area (Å²) in [6.07, 6.45) is 0.833. The van der Waals surface area contributed by atoms with Gasteiger partial charge < -0.3 is 0 Å². The van der Waals surface area contributed by atoms with Crippen LogP contribution in [0.5, 0.6) is 0 Å². The van der Waals surface area contributed by atoms with Crippen LogP contribution in [0.2, 0.25) is 0 Å². The lowest BCUT2D eigenvalue weighted by Crippen LogP contribution is -1.78. The second-order valence-corrected chi connectivity index (χ2v) is 4.65. The standard InChI is InChI=1S/C9H6N2OS2/c12-5-7-1-3-8(4-2-7)14-9-11-10-6-13-9/h1-6H. The van der Waals surface area contributed by atoms with E-state index in [2.05, 4.69) is 10.2 Å². The highest BCUT2D eigenvalue weighted by Crippen LogP contribution is 2.28. The van der Waals surface area contributed by atoms with Crippen LogP contribution in [0, 0.1) is 0 Å². The Kier molecular flexibility index (Phi) is 2.90. The van der Waals surface area contributed by atoms with E-state index in [4.69, 9.17) is 0 Å². The zero-order valence-electron chi connectivity index (χ0n) is 7.08. The highest BCUT2D eigenvalue weighted by molar-refractivity contribution is 8.01. The molecular weight excluding hydrogens is 216 g/mol. The Hall–Kier alpha value is -1.20. The molecule has 0 atom stereocenters. The van der Waals surface area contributed by atoms with Crippen LogP contribution in [0.1, 0.15) is 10.4 Å². The topological polar surface area (TPSA) is 42.9 Å². The summed E-state index contributed by atoms with van der Waals surface area (Å²) in [7, 11) is 0. The van der Waals surface area contributed by atoms with Gasteiger partial charge in [-0.1, -0.05) is 35.2 Å². The van der Waals surface area contributed by atoms with Crippen molar-refractivity contribution in [2.24, 2.45) is 0 Å². The van der Waals surface area contributed by atoms with Crippen molar-refractivity contribution in [1.29, 1.82) is 0 Å². The summed E-state index contributed by atoms with van der Waals surface area (Å²) < 4.78 is 0.906. The van der Waals surface area contributed by atoms with Crippen LogP contribution in [-0.2, 0) is 0 Å². The molecule has 0 aliphatic carbocycles. The summed E-state index contributed by atoms with van der Waals surface area (Å²) in [6.45, 7) is 0. The molecule has 1 heterocycles. The van der Waals surface area contributed by atoms with Gasteiger partial charge in [0.15, 0.2) is 4.34 Å². The third-order valence-electron chi connectivity index (χ3n) is 1.56. The number of nitrogens with zero attached hydrogens (tertiary/aromatic N) is 2. The molecule has 0 aliphatic rings. The average Bonchev–Trinajstić information content (AvgIpc) is 2.72. The summed E-state index contributed by atoms with van der Waals surface area (Å²) in [5.74, 6) is 0. The number of carbonyl (C=O) groups excluding carboxylic acids is 1. The minimum absolute atomic E-state index is 0.687. The first-order valence-electron chi connectivity index (χ1n) is 3.88. The molecule has 0 amide bonds. The fraction of sp³-hybridized carbons (Fsp3) is 0. The molecule has 2 rings (SSSR count). The molecule has 0 spiro atoms. The Morgan fingerprint density at radius 1 is 1.29 bits per heavy atom. The first kappa shape index (κ1) is 9.36. The van der Waals surface area contributed by atoms with Gasteiger partial charge in [-0.25, -0.2) is 0 Å². The Labute approximate surface area is 89.2 Å². The van der Waals surface area contributed by atoms with Gasteiger partial charge in [0, 0.05) is 10.5 Å². The van der Waals surface area contributed by atoms with E-state index in [-0.39, 0.29) is 0 Å². The minimum Gasteiger partial charge on any atom is -0.298 e. The van der Waals surface area contributed by atoms with E-state index in [1.54, 1.807) is 29.4 Å². The highest BCUT2D eigenvalue weighted by atomic mass is 32.2. The lowest BCUT2D eigenvalue weighted by molar-refractivity contribution is 0.112. The van der Waals surface area contributed by atoms with Crippen LogP contribution in [0.25, 0.3) is 0 Å². The highest BCUT2D eigenvalue weighted by Gasteiger charge is 1.99. The molecule has 3 nitrogen and oxygen atoms in total. The average molecular weight is 222 g/mol. The number of hydrogen-bond donors (Lipinski definition) is 0. The normalized spacial score (nSPS) is 10.0. The maximum Gasteiger partial charge on any atom is 0.178 e. The van der Waals surface area contributed by atoms with E-state index in [9.17, 15) is 4.79 Å². The van der Waals surface area contributed by atoms with Gasteiger partial charge in [-0.15, -0.1) is 10.2 Å². The molecule has 2 aromatic rings. The van der Waals surface area contributed by atoms with E-state index < -0.39 is 0 Å². The van der Waals surface area contributed by atoms with Crippen LogP contribution in [0.15, 0.2) is 39.0 Å². The van der Waals surface area contributed by atoms with Crippen LogP contribution in [0.4, 0.5) is 0 Å². The number of hydrogen-bond acceptors (Lipinski definition) is 5. The summed E-state index contributed by atoms with van der Waals surface area (Å²) in [6, 6.07) is 7.37. The third kappa shape index (κ3) is 2.18. The molecule has 0 unspecified atom stereocenters. The summed E-state index contributed by atoms with van der Waals surface area (Å²) in [5.41, 5.74) is 2.38. The van der Waals surface area contributed by atoms with Gasteiger partial charge in [-0.3, -0.25) is 4.79 Å². The maximum absolute atomic E-state index is 10.4. The predicted molar refractivity (Wildman–Crippen MR) is 55.9 cm³/mol. The smallest absolute Gasteiger partial charge is 0.178 e. The molecule has 14 heavy (non-hydrogen) atoms. The number of aromatic nitrogens is 2. The zero-order valence-corrected chi connectivity index (χ0v) is 8.72. The van der Waals surface area contributed by atoms with Crippen molar-refractivity contribution in [1.82, 2.24) is 10.2 Å². The number of rotatable bonds is 3. The Bertz CT molecular complexity index is 411. The van der Waals surface area contributed by atoms with Crippen molar-refractivity contribution in [2.45, 2.75) is 9.24 Å². The van der Waals surface area contributed by atoms with Gasteiger partial charge in [0.25, 0.3) is 0 Å². The van der Waals surface area contributed by atoms with Crippen LogP contribution in [0.3, 0.4) is 0 Å². The number of benzene rings is 1. The fourth-order valence-electron chi connectivity index (χ4n) is 0.923. The monoisotopic (exact) mass is 222 g/mol. The van der Waals surface area contributed by atoms with Gasteiger partial charge in [0.1, 0.15) is 11.8 Å². The molecule has 1 aromatic heterocycles. The Morgan fingerprint density at radius 3 is 2.64 bits per heavy atom. The molecular formula is C9H6N2OS2. The van der Waals surface area contributed by atoms with E-state index in [1.165, 1.54) is 11.3 Å². The second-order valence-electron chi connectivity index (χ2n) is 2.49. The molecule has 0 fully saturated rings. The summed E-state index contributed by atoms with van der Waals surface area (Å²) in [5, 5.41) is 7.66. The predicted octanol–water partition coefficient (Wildman–Crippen LogP) is 2.50. The second kappa shape index (κ2) is 4.34. The molecule has 0 radical (unpaired) electrons. The largest absolute Gasteiger partial charge is 0.298 e. The van der Waals surface area contributed by atoms with Crippen LogP contribution < -0.4 is 0 Å². The SMILES string of the molecule is O=Cc1ccc(Sc2nncs2)cc1. The first-order valence-corrected chi connectivity index (χ1v) is 5.57. The molecule has 0 N–H and O–H groups in total. The summed E-state index contributed by atoms with van der Waals surface area (Å²) in [4.78, 5) is 11.5. The Balaban J connectivity index is 2.14. The van der Waals surface area contributed by atoms with E-state index in [1.807, 2.05) is 12.1 Å². The van der Waals surface area contributed by atoms with Crippen LogP contribution >= 0.6 is 23.1 Å². The Morgan fingerprint density at radius 2 is 2.07 bits per heavy atom. The molecule has 70 valence electrons. The van der Waals surface area contributed by atoms with E-state index in [0.29, 0.717) is 5.56 Å². The zero-order chi connectivity index (χ0) is 9.80. The fourth-order valence-corrected chi connectivity index (χ4v) is 2.37. The van der Waals surface area contributed by atoms with Crippen LogP contribution in [-0.4, -0.2) is 16.5 Å². The van der Waals surface area contributed by atoms with Crippen molar-refractivity contribution in [3.05, 3.63) is 35.3 Å². The lowest BCUT2D eigenvalue weighted by Gasteiger charge is -1.96. The van der Waals surface area contributed by atoms with Gasteiger partial charge in [-0.2, -0.15) is 0 Å². The van der Waals surface area contributed by atoms with E-state index >= 15 is 0 Å². The molecule has 5 heteroatoms. The van der Waals surface area contributed by atoms with Gasteiger partial charge in [-0.05, 0) is 12.1 Å². The van der Waals surface area contributed by atoms with Gasteiger partial charge >= 0.3 is 0 Å². The molecule has 0 aliphatic heterocycles. The minimum atomic E-state index is 0.687. The van der Waals surface area contributed by atoms with Crippen molar-refractivity contribution >= 4 is 29.4 Å². The van der Waals surface area contributed by atoms with Crippen molar-refractivity contribution in [3.63, 3.8) is 0 Å². The lowest BCUT2D eigenvalue weighted by atomic mass is 10.2. The molecule has 0 saturated heterocycles. The first-order chi connectivity index (χ1) is 6.88. The molecule has 1 aromatic carbocycles. The molecule has 0 bridgehead atoms. The van der Waals surface area contributed by atoms with Crippen molar-refractivity contribution in [2.75, 3.05) is 0 Å². The van der Waals surface area contributed by atoms with Crippen molar-refractivity contribution in [3.8, 4) is 0 Å². The van der Waals surface area contributed by atoms with Gasteiger partial charge in [0.2, 0.25) is 0 Å². The molecule has 0 saturated carbocycles. The quantitative estimate of drug-likeness (QED) is 0.748. The van der Waals surface area contributed by atoms with E-state index in [0.717, 1.165) is 15.5 Å². The maximum atomic E-state index is 10.4. The van der Waals surface area contributed by atoms with Gasteiger partial charge in [0.05, 0.1) is 0 Å². The summed E-state index contributed by atoms with van der Waals surface area (Å²) >= 11 is 3.04.